The number of unbranched alkanes of at least 4 members (excludes halogenated alkanes) is 1. The van der Waals surface area contributed by atoms with E-state index in [-0.39, 0.29) is 4.90 Å². The molecule has 0 saturated heterocycles. The largest absolute Gasteiger partial charge is 0.492 e. The Bertz CT molecular complexity index is 567. The van der Waals surface area contributed by atoms with E-state index in [2.05, 4.69) is 13.8 Å². The van der Waals surface area contributed by atoms with Gasteiger partial charge in [0.2, 0.25) is 0 Å². The first-order chi connectivity index (χ1) is 9.79. The highest BCUT2D eigenvalue weighted by molar-refractivity contribution is 8.13. The molecule has 0 heterocycles. The van der Waals surface area contributed by atoms with Gasteiger partial charge in [-0.05, 0) is 43.4 Å². The first-order valence-electron chi connectivity index (χ1n) is 7.48. The maximum atomic E-state index is 11.7. The highest BCUT2D eigenvalue weighted by Gasteiger charge is 2.20. The summed E-state index contributed by atoms with van der Waals surface area (Å²) in [4.78, 5) is 0.0759. The SMILES string of the molecule is CCCCC(CC)COc1c(C)cc(C)cc1S(=O)(=O)Cl. The zero-order valence-electron chi connectivity index (χ0n) is 13.3. The first kappa shape index (κ1) is 18.3. The van der Waals surface area contributed by atoms with Gasteiger partial charge in [0.1, 0.15) is 10.6 Å². The fourth-order valence-electron chi connectivity index (χ4n) is 2.38. The van der Waals surface area contributed by atoms with Crippen LogP contribution in [0.2, 0.25) is 0 Å². The molecule has 1 aromatic carbocycles. The third-order valence-corrected chi connectivity index (χ3v) is 4.98. The Balaban J connectivity index is 2.97. The van der Waals surface area contributed by atoms with Crippen molar-refractivity contribution in [3.63, 3.8) is 0 Å². The molecule has 5 heteroatoms. The van der Waals surface area contributed by atoms with Crippen molar-refractivity contribution in [3.8, 4) is 5.75 Å². The molecule has 0 radical (unpaired) electrons. The Hall–Kier alpha value is -0.740. The van der Waals surface area contributed by atoms with Crippen LogP contribution in [-0.4, -0.2) is 15.0 Å². The summed E-state index contributed by atoms with van der Waals surface area (Å²) < 4.78 is 29.3. The van der Waals surface area contributed by atoms with Crippen LogP contribution in [0.1, 0.15) is 50.7 Å². The molecule has 0 aliphatic carbocycles. The number of hydrogen-bond donors (Lipinski definition) is 0. The number of rotatable bonds is 8. The summed E-state index contributed by atoms with van der Waals surface area (Å²) in [7, 11) is 1.73. The molecule has 0 aliphatic rings. The minimum absolute atomic E-state index is 0.0759. The van der Waals surface area contributed by atoms with Gasteiger partial charge in [-0.25, -0.2) is 8.42 Å². The summed E-state index contributed by atoms with van der Waals surface area (Å²) in [5, 5.41) is 0. The summed E-state index contributed by atoms with van der Waals surface area (Å²) in [6, 6.07) is 3.48. The molecule has 1 atom stereocenters. The number of hydrogen-bond acceptors (Lipinski definition) is 3. The lowest BCUT2D eigenvalue weighted by molar-refractivity contribution is 0.227. The van der Waals surface area contributed by atoms with Crippen LogP contribution in [0, 0.1) is 19.8 Å². The van der Waals surface area contributed by atoms with Gasteiger partial charge in [-0.15, -0.1) is 0 Å². The van der Waals surface area contributed by atoms with E-state index in [0.29, 0.717) is 18.3 Å². The van der Waals surface area contributed by atoms with Crippen molar-refractivity contribution in [2.75, 3.05) is 6.61 Å². The van der Waals surface area contributed by atoms with Crippen LogP contribution in [0.3, 0.4) is 0 Å². The van der Waals surface area contributed by atoms with Crippen LogP contribution >= 0.6 is 10.7 Å². The highest BCUT2D eigenvalue weighted by atomic mass is 35.7. The Morgan fingerprint density at radius 1 is 1.24 bits per heavy atom. The van der Waals surface area contributed by atoms with E-state index in [1.165, 1.54) is 0 Å². The molecular weight excluding hydrogens is 308 g/mol. The summed E-state index contributed by atoms with van der Waals surface area (Å²) in [6.07, 6.45) is 4.44. The van der Waals surface area contributed by atoms with Gasteiger partial charge in [0, 0.05) is 10.7 Å². The molecular formula is C16H25ClO3S. The molecule has 0 amide bonds. The molecule has 0 aliphatic heterocycles. The van der Waals surface area contributed by atoms with E-state index in [1.807, 2.05) is 19.9 Å². The molecule has 21 heavy (non-hydrogen) atoms. The van der Waals surface area contributed by atoms with Crippen molar-refractivity contribution >= 4 is 19.7 Å². The predicted molar refractivity (Wildman–Crippen MR) is 87.8 cm³/mol. The highest BCUT2D eigenvalue weighted by Crippen LogP contribution is 2.32. The number of ether oxygens (including phenoxy) is 1. The topological polar surface area (TPSA) is 43.4 Å². The molecule has 1 unspecified atom stereocenters. The van der Waals surface area contributed by atoms with Crippen LogP contribution in [-0.2, 0) is 9.05 Å². The van der Waals surface area contributed by atoms with Gasteiger partial charge in [-0.3, -0.25) is 0 Å². The minimum atomic E-state index is -3.80. The second-order valence-corrected chi connectivity index (χ2v) is 8.11. The van der Waals surface area contributed by atoms with Crippen LogP contribution < -0.4 is 4.74 Å². The smallest absolute Gasteiger partial charge is 0.265 e. The predicted octanol–water partition coefficient (Wildman–Crippen LogP) is 4.83. The van der Waals surface area contributed by atoms with Crippen molar-refractivity contribution < 1.29 is 13.2 Å². The van der Waals surface area contributed by atoms with E-state index in [1.54, 1.807) is 6.07 Å². The van der Waals surface area contributed by atoms with E-state index < -0.39 is 9.05 Å². The van der Waals surface area contributed by atoms with Gasteiger partial charge in [0.15, 0.2) is 0 Å². The third kappa shape index (κ3) is 5.51. The Labute approximate surface area is 133 Å². The van der Waals surface area contributed by atoms with Crippen molar-refractivity contribution in [3.05, 3.63) is 23.3 Å². The minimum Gasteiger partial charge on any atom is -0.492 e. The molecule has 0 N–H and O–H groups in total. The van der Waals surface area contributed by atoms with Gasteiger partial charge in [-0.1, -0.05) is 39.2 Å². The van der Waals surface area contributed by atoms with Crippen LogP contribution in [0.5, 0.6) is 5.75 Å². The molecule has 0 spiro atoms. The quantitative estimate of drug-likeness (QED) is 0.640. The van der Waals surface area contributed by atoms with E-state index in [4.69, 9.17) is 15.4 Å². The average Bonchev–Trinajstić information content (AvgIpc) is 2.39. The number of aryl methyl sites for hydroxylation is 2. The normalized spacial score (nSPS) is 13.2. The Kier molecular flexibility index (Phi) is 7.01. The van der Waals surface area contributed by atoms with Gasteiger partial charge in [0.05, 0.1) is 6.61 Å². The van der Waals surface area contributed by atoms with Crippen LogP contribution in [0.25, 0.3) is 0 Å². The van der Waals surface area contributed by atoms with Crippen LogP contribution in [0.15, 0.2) is 17.0 Å². The summed E-state index contributed by atoms with van der Waals surface area (Å²) >= 11 is 0. The maximum absolute atomic E-state index is 11.7. The molecule has 0 aromatic heterocycles. The average molecular weight is 333 g/mol. The van der Waals surface area contributed by atoms with Crippen LogP contribution in [0.4, 0.5) is 0 Å². The summed E-state index contributed by atoms with van der Waals surface area (Å²) in [5.74, 6) is 0.835. The molecule has 0 bridgehead atoms. The molecule has 120 valence electrons. The zero-order valence-corrected chi connectivity index (χ0v) is 14.9. The van der Waals surface area contributed by atoms with Crippen molar-refractivity contribution in [2.45, 2.75) is 58.3 Å². The second-order valence-electron chi connectivity index (χ2n) is 5.57. The van der Waals surface area contributed by atoms with E-state index >= 15 is 0 Å². The second kappa shape index (κ2) is 8.04. The molecule has 0 fully saturated rings. The molecule has 0 saturated carbocycles. The lowest BCUT2D eigenvalue weighted by Crippen LogP contribution is -2.13. The Morgan fingerprint density at radius 2 is 1.90 bits per heavy atom. The van der Waals surface area contributed by atoms with Gasteiger partial charge in [-0.2, -0.15) is 0 Å². The fraction of sp³-hybridized carbons (Fsp3) is 0.625. The number of halogens is 1. The maximum Gasteiger partial charge on any atom is 0.265 e. The first-order valence-corrected chi connectivity index (χ1v) is 9.79. The van der Waals surface area contributed by atoms with Gasteiger partial charge >= 0.3 is 0 Å². The van der Waals surface area contributed by atoms with Crippen molar-refractivity contribution in [1.82, 2.24) is 0 Å². The summed E-state index contributed by atoms with van der Waals surface area (Å²) in [5.41, 5.74) is 1.66. The molecule has 1 aromatic rings. The standard InChI is InChI=1S/C16H25ClO3S/c1-5-7-8-14(6-2)11-20-16-13(4)9-12(3)10-15(16)21(17,18)19/h9-10,14H,5-8,11H2,1-4H3. The monoisotopic (exact) mass is 332 g/mol. The lowest BCUT2D eigenvalue weighted by Gasteiger charge is -2.18. The van der Waals surface area contributed by atoms with E-state index in [0.717, 1.165) is 36.8 Å². The van der Waals surface area contributed by atoms with Crippen molar-refractivity contribution in [2.24, 2.45) is 5.92 Å². The van der Waals surface area contributed by atoms with E-state index in [9.17, 15) is 8.42 Å². The number of benzene rings is 1. The zero-order chi connectivity index (χ0) is 16.0. The summed E-state index contributed by atoms with van der Waals surface area (Å²) in [6.45, 7) is 8.51. The third-order valence-electron chi connectivity index (χ3n) is 3.65. The van der Waals surface area contributed by atoms with Gasteiger partial charge < -0.3 is 4.74 Å². The molecule has 1 rings (SSSR count). The molecule has 3 nitrogen and oxygen atoms in total. The van der Waals surface area contributed by atoms with Gasteiger partial charge in [0.25, 0.3) is 9.05 Å². The fourth-order valence-corrected chi connectivity index (χ4v) is 3.49. The lowest BCUT2D eigenvalue weighted by atomic mass is 10.0. The van der Waals surface area contributed by atoms with Crippen molar-refractivity contribution in [1.29, 1.82) is 0 Å². The Morgan fingerprint density at radius 3 is 2.43 bits per heavy atom.